The van der Waals surface area contributed by atoms with Gasteiger partial charge in [-0.15, -0.1) is 0 Å². The maximum atomic E-state index is 11.8. The highest BCUT2D eigenvalue weighted by atomic mass is 16.4. The smallest absolute Gasteiger partial charge is 0.310 e. The fourth-order valence-electron chi connectivity index (χ4n) is 5.21. The van der Waals surface area contributed by atoms with Gasteiger partial charge in [0.1, 0.15) is 0 Å². The highest BCUT2D eigenvalue weighted by Gasteiger charge is 2.74. The minimum atomic E-state index is -0.534. The Balaban J connectivity index is 1.93. The van der Waals surface area contributed by atoms with Crippen LogP contribution in [0.1, 0.15) is 53.4 Å². The summed E-state index contributed by atoms with van der Waals surface area (Å²) in [4.78, 5) is 11.8. The average Bonchev–Trinajstić information content (AvgIpc) is 2.83. The fourth-order valence-corrected chi connectivity index (χ4v) is 5.21. The number of rotatable bonds is 2. The van der Waals surface area contributed by atoms with Crippen LogP contribution in [0.15, 0.2) is 0 Å². The van der Waals surface area contributed by atoms with Crippen molar-refractivity contribution in [3.8, 4) is 0 Å². The average molecular weight is 236 g/mol. The Morgan fingerprint density at radius 1 is 1.12 bits per heavy atom. The van der Waals surface area contributed by atoms with E-state index in [1.54, 1.807) is 0 Å². The first kappa shape index (κ1) is 11.6. The molecule has 0 aromatic rings. The monoisotopic (exact) mass is 236 g/mol. The molecule has 4 unspecified atom stereocenters. The third-order valence-electron chi connectivity index (χ3n) is 6.68. The van der Waals surface area contributed by atoms with Crippen molar-refractivity contribution in [2.24, 2.45) is 34.0 Å². The third-order valence-corrected chi connectivity index (χ3v) is 6.68. The highest BCUT2D eigenvalue weighted by Crippen LogP contribution is 2.75. The Hall–Kier alpha value is -0.530. The van der Waals surface area contributed by atoms with Gasteiger partial charge in [0.25, 0.3) is 0 Å². The van der Waals surface area contributed by atoms with Crippen molar-refractivity contribution in [3.63, 3.8) is 0 Å². The Morgan fingerprint density at radius 2 is 1.71 bits per heavy atom. The second kappa shape index (κ2) is 2.89. The van der Waals surface area contributed by atoms with E-state index in [1.165, 1.54) is 12.8 Å². The molecule has 4 saturated carbocycles. The summed E-state index contributed by atoms with van der Waals surface area (Å²) in [5, 5.41) is 9.70. The molecule has 0 saturated heterocycles. The summed E-state index contributed by atoms with van der Waals surface area (Å²) in [6.07, 6.45) is 4.56. The van der Waals surface area contributed by atoms with Crippen LogP contribution in [0, 0.1) is 34.0 Å². The Labute approximate surface area is 104 Å². The van der Waals surface area contributed by atoms with Crippen LogP contribution in [0.2, 0.25) is 0 Å². The largest absolute Gasteiger partial charge is 0.481 e. The molecule has 4 atom stereocenters. The van der Waals surface area contributed by atoms with Gasteiger partial charge in [0, 0.05) is 0 Å². The van der Waals surface area contributed by atoms with Gasteiger partial charge >= 0.3 is 5.97 Å². The lowest BCUT2D eigenvalue weighted by atomic mass is 9.43. The summed E-state index contributed by atoms with van der Waals surface area (Å²) in [6.45, 7) is 8.98. The van der Waals surface area contributed by atoms with Gasteiger partial charge in [-0.25, -0.2) is 0 Å². The van der Waals surface area contributed by atoms with Crippen molar-refractivity contribution in [2.75, 3.05) is 0 Å². The summed E-state index contributed by atoms with van der Waals surface area (Å²) in [7, 11) is 0. The van der Waals surface area contributed by atoms with Crippen molar-refractivity contribution in [1.29, 1.82) is 0 Å². The van der Waals surface area contributed by atoms with E-state index in [4.69, 9.17) is 0 Å². The van der Waals surface area contributed by atoms with E-state index in [9.17, 15) is 9.90 Å². The van der Waals surface area contributed by atoms with Crippen LogP contribution < -0.4 is 0 Å². The molecule has 0 spiro atoms. The molecule has 2 nitrogen and oxygen atoms in total. The molecule has 2 heteroatoms. The van der Waals surface area contributed by atoms with Gasteiger partial charge in [-0.3, -0.25) is 4.79 Å². The standard InChI is InChI=1S/C15H24O2/c1-13(2)8-15(13,12(16)17)10-6-5-9-7-11(10)14(9,3)4/h9-11H,5-8H2,1-4H3,(H,16,17). The summed E-state index contributed by atoms with van der Waals surface area (Å²) in [5.41, 5.74) is 0.00632. The van der Waals surface area contributed by atoms with Crippen LogP contribution in [-0.4, -0.2) is 11.1 Å². The SMILES string of the molecule is CC1(C)C2CCC(C3(C(=O)O)CC3(C)C)C1C2. The topological polar surface area (TPSA) is 37.3 Å². The molecule has 0 radical (unpaired) electrons. The molecule has 0 aromatic heterocycles. The number of fused-ring (bicyclic) bond motifs is 2. The predicted molar refractivity (Wildman–Crippen MR) is 66.6 cm³/mol. The number of carboxylic acids is 1. The maximum Gasteiger partial charge on any atom is 0.310 e. The molecule has 0 amide bonds. The van der Waals surface area contributed by atoms with E-state index in [-0.39, 0.29) is 5.41 Å². The number of hydrogen-bond acceptors (Lipinski definition) is 1. The van der Waals surface area contributed by atoms with Crippen LogP contribution in [-0.2, 0) is 4.79 Å². The Bertz CT molecular complexity index is 380. The molecule has 17 heavy (non-hydrogen) atoms. The van der Waals surface area contributed by atoms with Gasteiger partial charge in [0.2, 0.25) is 0 Å². The molecule has 0 heterocycles. The molecule has 0 aromatic carbocycles. The third kappa shape index (κ3) is 1.15. The minimum absolute atomic E-state index is 0.0159. The molecule has 0 aliphatic heterocycles. The first-order valence-electron chi connectivity index (χ1n) is 6.97. The van der Waals surface area contributed by atoms with Crippen molar-refractivity contribution >= 4 is 5.97 Å². The zero-order chi connectivity index (χ0) is 12.6. The van der Waals surface area contributed by atoms with Crippen LogP contribution in [0.3, 0.4) is 0 Å². The molecule has 4 aliphatic carbocycles. The van der Waals surface area contributed by atoms with Crippen LogP contribution in [0.25, 0.3) is 0 Å². The van der Waals surface area contributed by atoms with Gasteiger partial charge in [0.05, 0.1) is 5.41 Å². The van der Waals surface area contributed by atoms with Crippen LogP contribution in [0.5, 0.6) is 0 Å². The van der Waals surface area contributed by atoms with Gasteiger partial charge in [-0.1, -0.05) is 27.7 Å². The lowest BCUT2D eigenvalue weighted by Gasteiger charge is -2.61. The van der Waals surface area contributed by atoms with Crippen molar-refractivity contribution in [2.45, 2.75) is 53.4 Å². The molecular weight excluding hydrogens is 212 g/mol. The van der Waals surface area contributed by atoms with Crippen molar-refractivity contribution < 1.29 is 9.90 Å². The highest BCUT2D eigenvalue weighted by molar-refractivity contribution is 5.80. The second-order valence-electron chi connectivity index (χ2n) is 7.88. The lowest BCUT2D eigenvalue weighted by molar-refractivity contribution is -0.166. The van der Waals surface area contributed by atoms with Crippen LogP contribution in [0.4, 0.5) is 0 Å². The fraction of sp³-hybridized carbons (Fsp3) is 0.933. The van der Waals surface area contributed by atoms with E-state index in [0.717, 1.165) is 18.8 Å². The van der Waals surface area contributed by atoms with Gasteiger partial charge in [-0.05, 0) is 54.3 Å². The summed E-state index contributed by atoms with van der Waals surface area (Å²) in [5.74, 6) is 1.40. The van der Waals surface area contributed by atoms with E-state index in [1.807, 2.05) is 0 Å². The zero-order valence-corrected chi connectivity index (χ0v) is 11.4. The van der Waals surface area contributed by atoms with Gasteiger partial charge < -0.3 is 5.11 Å². The minimum Gasteiger partial charge on any atom is -0.481 e. The quantitative estimate of drug-likeness (QED) is 0.796. The Morgan fingerprint density at radius 3 is 2.06 bits per heavy atom. The van der Waals surface area contributed by atoms with E-state index in [0.29, 0.717) is 17.3 Å². The maximum absolute atomic E-state index is 11.8. The number of aliphatic carboxylic acids is 1. The molecule has 4 rings (SSSR count). The first-order chi connectivity index (χ1) is 7.73. The molecular formula is C15H24O2. The molecule has 4 fully saturated rings. The van der Waals surface area contributed by atoms with Crippen LogP contribution >= 0.6 is 0 Å². The van der Waals surface area contributed by atoms with E-state index >= 15 is 0 Å². The van der Waals surface area contributed by atoms with Crippen molar-refractivity contribution in [3.05, 3.63) is 0 Å². The Kier molecular flexibility index (Phi) is 1.97. The van der Waals surface area contributed by atoms with Gasteiger partial charge in [0.15, 0.2) is 0 Å². The number of hydrogen-bond donors (Lipinski definition) is 1. The summed E-state index contributed by atoms with van der Waals surface area (Å²) < 4.78 is 0. The summed E-state index contributed by atoms with van der Waals surface area (Å²) >= 11 is 0. The van der Waals surface area contributed by atoms with E-state index in [2.05, 4.69) is 27.7 Å². The second-order valence-corrected chi connectivity index (χ2v) is 7.88. The molecule has 96 valence electrons. The number of carboxylic acid groups (broad SMARTS) is 1. The van der Waals surface area contributed by atoms with Crippen molar-refractivity contribution in [1.82, 2.24) is 0 Å². The lowest BCUT2D eigenvalue weighted by Crippen LogP contribution is -2.56. The first-order valence-corrected chi connectivity index (χ1v) is 6.97. The summed E-state index contributed by atoms with van der Waals surface area (Å²) in [6, 6.07) is 0. The zero-order valence-electron chi connectivity index (χ0n) is 11.4. The van der Waals surface area contributed by atoms with Gasteiger partial charge in [-0.2, -0.15) is 0 Å². The predicted octanol–water partition coefficient (Wildman–Crippen LogP) is 3.56. The molecule has 2 bridgehead atoms. The normalized spacial score (nSPS) is 49.3. The molecule has 1 N–H and O–H groups in total. The van der Waals surface area contributed by atoms with E-state index < -0.39 is 11.4 Å². The molecule has 4 aliphatic rings. The number of carbonyl (C=O) groups is 1.